The Bertz CT molecular complexity index is 1130. The Morgan fingerprint density at radius 1 is 0.848 bits per heavy atom. The van der Waals surface area contributed by atoms with E-state index in [-0.39, 0.29) is 29.0 Å². The summed E-state index contributed by atoms with van der Waals surface area (Å²) in [6.07, 6.45) is 7.01. The number of allylic oxidation sites excluding steroid dienone is 1. The van der Waals surface area contributed by atoms with Crippen LogP contribution in [0.3, 0.4) is 0 Å². The predicted octanol–water partition coefficient (Wildman–Crippen LogP) is 8.64. The standard InChI is InChI=1S/C29H29F3O/c1-3-5-19-6-8-21(9-7-19)24-15-16-25(29(32)28(24)31)22-12-10-20(11-13-22)23-14-17-27(33-4-2)26(30)18-23/h3,5-9,14-18,20,22H,4,10-13H2,1-2H3. The summed E-state index contributed by atoms with van der Waals surface area (Å²) in [6.45, 7) is 4.18. The van der Waals surface area contributed by atoms with Crippen LogP contribution in [-0.2, 0) is 0 Å². The average molecular weight is 451 g/mol. The van der Waals surface area contributed by atoms with E-state index < -0.39 is 11.6 Å². The molecule has 0 spiro atoms. The topological polar surface area (TPSA) is 9.23 Å². The van der Waals surface area contributed by atoms with Crippen molar-refractivity contribution < 1.29 is 17.9 Å². The van der Waals surface area contributed by atoms with Crippen LogP contribution in [-0.4, -0.2) is 6.61 Å². The van der Waals surface area contributed by atoms with Crippen molar-refractivity contribution in [3.05, 3.63) is 94.8 Å². The van der Waals surface area contributed by atoms with E-state index in [1.807, 2.05) is 56.3 Å². The second kappa shape index (κ2) is 10.3. The zero-order valence-corrected chi connectivity index (χ0v) is 19.1. The van der Waals surface area contributed by atoms with Crippen LogP contribution in [0.4, 0.5) is 13.2 Å². The normalized spacial score (nSPS) is 18.6. The Balaban J connectivity index is 1.47. The molecule has 0 unspecified atom stereocenters. The summed E-state index contributed by atoms with van der Waals surface area (Å²) in [7, 11) is 0. The Morgan fingerprint density at radius 3 is 2.18 bits per heavy atom. The molecule has 0 amide bonds. The van der Waals surface area contributed by atoms with Crippen molar-refractivity contribution in [2.24, 2.45) is 0 Å². The summed E-state index contributed by atoms with van der Waals surface area (Å²) < 4.78 is 49.6. The minimum absolute atomic E-state index is 0.0330. The van der Waals surface area contributed by atoms with Gasteiger partial charge in [0, 0.05) is 5.56 Å². The molecular weight excluding hydrogens is 421 g/mol. The third kappa shape index (κ3) is 5.00. The number of rotatable bonds is 6. The highest BCUT2D eigenvalue weighted by atomic mass is 19.2. The fraction of sp³-hybridized carbons (Fsp3) is 0.310. The second-order valence-corrected chi connectivity index (χ2v) is 8.62. The van der Waals surface area contributed by atoms with Gasteiger partial charge in [0.1, 0.15) is 0 Å². The Morgan fingerprint density at radius 2 is 1.55 bits per heavy atom. The van der Waals surface area contributed by atoms with Gasteiger partial charge in [-0.05, 0) is 85.8 Å². The molecule has 0 N–H and O–H groups in total. The van der Waals surface area contributed by atoms with Crippen molar-refractivity contribution in [3.8, 4) is 16.9 Å². The SMILES string of the molecule is CC=Cc1ccc(-c2ccc(C3CCC(c4ccc(OCC)c(F)c4)CC3)c(F)c2F)cc1. The van der Waals surface area contributed by atoms with E-state index >= 15 is 4.39 Å². The highest BCUT2D eigenvalue weighted by Gasteiger charge is 2.27. The first-order valence-corrected chi connectivity index (χ1v) is 11.6. The molecule has 0 aromatic heterocycles. The molecule has 4 heteroatoms. The van der Waals surface area contributed by atoms with E-state index in [4.69, 9.17) is 4.74 Å². The molecule has 3 aromatic rings. The fourth-order valence-corrected chi connectivity index (χ4v) is 4.85. The van der Waals surface area contributed by atoms with Gasteiger partial charge in [-0.15, -0.1) is 0 Å². The number of ether oxygens (including phenoxy) is 1. The molecule has 0 bridgehead atoms. The van der Waals surface area contributed by atoms with Gasteiger partial charge in [-0.1, -0.05) is 54.6 Å². The van der Waals surface area contributed by atoms with E-state index in [1.54, 1.807) is 24.3 Å². The van der Waals surface area contributed by atoms with Crippen LogP contribution in [0.2, 0.25) is 0 Å². The molecule has 33 heavy (non-hydrogen) atoms. The molecule has 0 atom stereocenters. The maximum atomic E-state index is 15.1. The molecule has 1 aliphatic carbocycles. The van der Waals surface area contributed by atoms with Crippen LogP contribution in [0.5, 0.6) is 5.75 Å². The lowest BCUT2D eigenvalue weighted by Gasteiger charge is -2.29. The van der Waals surface area contributed by atoms with Crippen LogP contribution in [0.1, 0.15) is 68.1 Å². The van der Waals surface area contributed by atoms with Crippen molar-refractivity contribution in [3.63, 3.8) is 0 Å². The fourth-order valence-electron chi connectivity index (χ4n) is 4.85. The summed E-state index contributed by atoms with van der Waals surface area (Å²) in [5.41, 5.74) is 3.34. The number of hydrogen-bond acceptors (Lipinski definition) is 1. The average Bonchev–Trinajstić information content (AvgIpc) is 2.83. The van der Waals surface area contributed by atoms with Crippen LogP contribution in [0, 0.1) is 17.5 Å². The van der Waals surface area contributed by atoms with Gasteiger partial charge in [0.05, 0.1) is 6.61 Å². The lowest BCUT2D eigenvalue weighted by atomic mass is 9.76. The van der Waals surface area contributed by atoms with Gasteiger partial charge in [-0.2, -0.15) is 0 Å². The minimum atomic E-state index is -0.790. The summed E-state index contributed by atoms with van der Waals surface area (Å²) in [5.74, 6) is -1.44. The van der Waals surface area contributed by atoms with E-state index in [0.29, 0.717) is 17.7 Å². The van der Waals surface area contributed by atoms with Crippen molar-refractivity contribution in [2.75, 3.05) is 6.61 Å². The lowest BCUT2D eigenvalue weighted by molar-refractivity contribution is 0.320. The van der Waals surface area contributed by atoms with Crippen molar-refractivity contribution in [1.29, 1.82) is 0 Å². The van der Waals surface area contributed by atoms with Crippen LogP contribution < -0.4 is 4.74 Å². The summed E-state index contributed by atoms with van der Waals surface area (Å²) >= 11 is 0. The van der Waals surface area contributed by atoms with Crippen LogP contribution in [0.15, 0.2) is 60.7 Å². The molecule has 0 radical (unpaired) electrons. The zero-order chi connectivity index (χ0) is 23.4. The Kier molecular flexibility index (Phi) is 7.22. The maximum Gasteiger partial charge on any atom is 0.166 e. The minimum Gasteiger partial charge on any atom is -0.491 e. The van der Waals surface area contributed by atoms with Gasteiger partial charge >= 0.3 is 0 Å². The molecule has 0 saturated heterocycles. The van der Waals surface area contributed by atoms with Gasteiger partial charge in [0.25, 0.3) is 0 Å². The lowest BCUT2D eigenvalue weighted by Crippen LogP contribution is -2.14. The van der Waals surface area contributed by atoms with Gasteiger partial charge in [-0.3, -0.25) is 0 Å². The van der Waals surface area contributed by atoms with Gasteiger partial charge in [0.2, 0.25) is 0 Å². The quantitative estimate of drug-likeness (QED) is 0.365. The van der Waals surface area contributed by atoms with Gasteiger partial charge < -0.3 is 4.74 Å². The molecule has 3 aromatic carbocycles. The number of hydrogen-bond donors (Lipinski definition) is 0. The first kappa shape index (κ1) is 23.2. The monoisotopic (exact) mass is 450 g/mol. The molecule has 1 aliphatic rings. The zero-order valence-electron chi connectivity index (χ0n) is 19.1. The van der Waals surface area contributed by atoms with E-state index in [0.717, 1.165) is 36.8 Å². The van der Waals surface area contributed by atoms with Crippen molar-refractivity contribution in [2.45, 2.75) is 51.4 Å². The highest BCUT2D eigenvalue weighted by molar-refractivity contribution is 5.67. The molecule has 4 rings (SSSR count). The first-order chi connectivity index (χ1) is 16.0. The molecule has 172 valence electrons. The maximum absolute atomic E-state index is 15.1. The summed E-state index contributed by atoms with van der Waals surface area (Å²) in [6, 6.07) is 16.0. The first-order valence-electron chi connectivity index (χ1n) is 11.6. The van der Waals surface area contributed by atoms with Gasteiger partial charge in [0.15, 0.2) is 23.2 Å². The largest absolute Gasteiger partial charge is 0.491 e. The molecule has 0 heterocycles. The summed E-state index contributed by atoms with van der Waals surface area (Å²) in [5, 5.41) is 0. The van der Waals surface area contributed by atoms with Crippen molar-refractivity contribution >= 4 is 6.08 Å². The Labute approximate surface area is 193 Å². The van der Waals surface area contributed by atoms with Gasteiger partial charge in [-0.25, -0.2) is 13.2 Å². The third-order valence-electron chi connectivity index (χ3n) is 6.59. The number of halogens is 3. The molecule has 1 fully saturated rings. The number of benzene rings is 3. The van der Waals surface area contributed by atoms with Crippen LogP contribution in [0.25, 0.3) is 17.2 Å². The third-order valence-corrected chi connectivity index (χ3v) is 6.59. The van der Waals surface area contributed by atoms with Crippen molar-refractivity contribution in [1.82, 2.24) is 0 Å². The molecular formula is C29H29F3O. The van der Waals surface area contributed by atoms with Crippen LogP contribution >= 0.6 is 0 Å². The smallest absolute Gasteiger partial charge is 0.166 e. The van der Waals surface area contributed by atoms with E-state index in [2.05, 4.69) is 0 Å². The second-order valence-electron chi connectivity index (χ2n) is 8.62. The Hall–Kier alpha value is -3.01. The molecule has 1 saturated carbocycles. The predicted molar refractivity (Wildman–Crippen MR) is 128 cm³/mol. The van der Waals surface area contributed by atoms with E-state index in [1.165, 1.54) is 0 Å². The summed E-state index contributed by atoms with van der Waals surface area (Å²) in [4.78, 5) is 0. The molecule has 1 nitrogen and oxygen atoms in total. The highest BCUT2D eigenvalue weighted by Crippen LogP contribution is 2.42. The molecule has 0 aliphatic heterocycles. The van der Waals surface area contributed by atoms with E-state index in [9.17, 15) is 8.78 Å².